The average Bonchev–Trinajstić information content (AvgIpc) is 2.56. The van der Waals surface area contributed by atoms with Crippen molar-refractivity contribution in [2.45, 2.75) is 13.0 Å². The summed E-state index contributed by atoms with van der Waals surface area (Å²) in [6.45, 7) is 1.79. The van der Waals surface area contributed by atoms with Crippen molar-refractivity contribution in [1.82, 2.24) is 5.48 Å². The maximum absolute atomic E-state index is 11.8. The summed E-state index contributed by atoms with van der Waals surface area (Å²) in [5, 5.41) is 12.7. The van der Waals surface area contributed by atoms with Gasteiger partial charge in [-0.1, -0.05) is 35.9 Å². The van der Waals surface area contributed by atoms with Crippen molar-refractivity contribution in [3.8, 4) is 0 Å². The Labute approximate surface area is 133 Å². The topological polar surface area (TPSA) is 70.6 Å². The van der Waals surface area contributed by atoms with Gasteiger partial charge in [0.25, 0.3) is 0 Å². The van der Waals surface area contributed by atoms with Gasteiger partial charge in [-0.25, -0.2) is 4.79 Å². The van der Waals surface area contributed by atoms with E-state index >= 15 is 0 Å². The number of rotatable bonds is 5. The van der Waals surface area contributed by atoms with E-state index in [1.165, 1.54) is 7.11 Å². The minimum atomic E-state index is -0.430. The number of ether oxygens (including phenoxy) is 1. The monoisotopic (exact) mass is 320 g/mol. The van der Waals surface area contributed by atoms with Crippen LogP contribution >= 0.6 is 11.6 Å². The standard InChI is InChI=1S/C16H17ClN2O3/c1-10(19-21)11-7-5-9-14(15(11)17)18-13-8-4-3-6-12(13)16(20)22-2/h3-10,18-19,21H,1-2H3. The minimum absolute atomic E-state index is 0.315. The van der Waals surface area contributed by atoms with Crippen LogP contribution in [-0.2, 0) is 4.74 Å². The van der Waals surface area contributed by atoms with E-state index in [0.717, 1.165) is 5.56 Å². The van der Waals surface area contributed by atoms with Gasteiger partial charge in [-0.2, -0.15) is 5.48 Å². The molecule has 0 spiro atoms. The number of esters is 1. The predicted molar refractivity (Wildman–Crippen MR) is 85.9 cm³/mol. The molecule has 0 heterocycles. The van der Waals surface area contributed by atoms with Gasteiger partial charge >= 0.3 is 5.97 Å². The van der Waals surface area contributed by atoms with Crippen molar-refractivity contribution in [2.24, 2.45) is 0 Å². The fraction of sp³-hybridized carbons (Fsp3) is 0.188. The van der Waals surface area contributed by atoms with E-state index in [-0.39, 0.29) is 6.04 Å². The van der Waals surface area contributed by atoms with Gasteiger partial charge in [-0.3, -0.25) is 0 Å². The number of hydrogen-bond donors (Lipinski definition) is 3. The molecule has 0 saturated carbocycles. The van der Waals surface area contributed by atoms with Gasteiger partial charge in [0.15, 0.2) is 0 Å². The van der Waals surface area contributed by atoms with E-state index in [0.29, 0.717) is 22.0 Å². The third kappa shape index (κ3) is 3.39. The highest BCUT2D eigenvalue weighted by atomic mass is 35.5. The molecule has 2 rings (SSSR count). The fourth-order valence-corrected chi connectivity index (χ4v) is 2.41. The quantitative estimate of drug-likeness (QED) is 0.575. The van der Waals surface area contributed by atoms with Crippen LogP contribution in [0.4, 0.5) is 11.4 Å². The number of carbonyl (C=O) groups is 1. The number of nitrogens with one attached hydrogen (secondary N) is 2. The zero-order valence-corrected chi connectivity index (χ0v) is 13.0. The van der Waals surface area contributed by atoms with Gasteiger partial charge in [0.05, 0.1) is 35.1 Å². The maximum atomic E-state index is 11.8. The largest absolute Gasteiger partial charge is 0.465 e. The Kier molecular flexibility index (Phi) is 5.38. The number of hydroxylamine groups is 1. The van der Waals surface area contributed by atoms with Crippen LogP contribution in [0.2, 0.25) is 5.02 Å². The summed E-state index contributed by atoms with van der Waals surface area (Å²) in [6.07, 6.45) is 0. The molecule has 0 amide bonds. The molecule has 116 valence electrons. The van der Waals surface area contributed by atoms with E-state index in [1.54, 1.807) is 31.2 Å². The van der Waals surface area contributed by atoms with E-state index in [9.17, 15) is 4.79 Å². The number of para-hydroxylation sites is 1. The van der Waals surface area contributed by atoms with Gasteiger partial charge in [-0.05, 0) is 30.7 Å². The summed E-state index contributed by atoms with van der Waals surface area (Å²) in [5.41, 5.74) is 4.55. The fourth-order valence-electron chi connectivity index (χ4n) is 2.08. The highest BCUT2D eigenvalue weighted by Crippen LogP contribution is 2.33. The Morgan fingerprint density at radius 1 is 1.18 bits per heavy atom. The van der Waals surface area contributed by atoms with Crippen LogP contribution in [0, 0.1) is 0 Å². The van der Waals surface area contributed by atoms with Gasteiger partial charge in [0, 0.05) is 0 Å². The second kappa shape index (κ2) is 7.26. The number of halogens is 1. The molecule has 0 aliphatic carbocycles. The molecular formula is C16H17ClN2O3. The van der Waals surface area contributed by atoms with E-state index in [1.807, 2.05) is 18.2 Å². The molecule has 0 radical (unpaired) electrons. The van der Waals surface area contributed by atoms with Crippen molar-refractivity contribution in [3.05, 3.63) is 58.6 Å². The molecular weight excluding hydrogens is 304 g/mol. The van der Waals surface area contributed by atoms with E-state index in [2.05, 4.69) is 10.8 Å². The number of methoxy groups -OCH3 is 1. The van der Waals surface area contributed by atoms with Crippen molar-refractivity contribution >= 4 is 28.9 Å². The average molecular weight is 321 g/mol. The van der Waals surface area contributed by atoms with Crippen LogP contribution < -0.4 is 10.8 Å². The van der Waals surface area contributed by atoms with E-state index < -0.39 is 5.97 Å². The third-order valence-electron chi connectivity index (χ3n) is 3.29. The van der Waals surface area contributed by atoms with Gasteiger partial charge in [0.2, 0.25) is 0 Å². The first-order valence-corrected chi connectivity index (χ1v) is 7.08. The maximum Gasteiger partial charge on any atom is 0.339 e. The summed E-state index contributed by atoms with van der Waals surface area (Å²) in [4.78, 5) is 11.8. The number of benzene rings is 2. The summed E-state index contributed by atoms with van der Waals surface area (Å²) >= 11 is 6.37. The first-order chi connectivity index (χ1) is 10.6. The minimum Gasteiger partial charge on any atom is -0.465 e. The molecule has 6 heteroatoms. The molecule has 2 aromatic rings. The molecule has 0 aromatic heterocycles. The zero-order chi connectivity index (χ0) is 16.1. The normalized spacial score (nSPS) is 11.8. The second-order valence-corrected chi connectivity index (χ2v) is 5.10. The Morgan fingerprint density at radius 3 is 2.55 bits per heavy atom. The Bertz CT molecular complexity index is 676. The van der Waals surface area contributed by atoms with Crippen LogP contribution in [0.1, 0.15) is 28.9 Å². The van der Waals surface area contributed by atoms with Crippen LogP contribution in [0.15, 0.2) is 42.5 Å². The first-order valence-electron chi connectivity index (χ1n) is 6.71. The van der Waals surface area contributed by atoms with Gasteiger partial charge in [-0.15, -0.1) is 0 Å². The Morgan fingerprint density at radius 2 is 1.86 bits per heavy atom. The molecule has 2 aromatic carbocycles. The highest BCUT2D eigenvalue weighted by Gasteiger charge is 2.15. The van der Waals surface area contributed by atoms with Crippen molar-refractivity contribution < 1.29 is 14.7 Å². The molecule has 1 atom stereocenters. The highest BCUT2D eigenvalue weighted by molar-refractivity contribution is 6.34. The lowest BCUT2D eigenvalue weighted by Crippen LogP contribution is -2.14. The molecule has 5 nitrogen and oxygen atoms in total. The van der Waals surface area contributed by atoms with Crippen molar-refractivity contribution in [1.29, 1.82) is 0 Å². The molecule has 3 N–H and O–H groups in total. The molecule has 0 fully saturated rings. The number of carbonyl (C=O) groups excluding carboxylic acids is 1. The van der Waals surface area contributed by atoms with Crippen LogP contribution in [-0.4, -0.2) is 18.3 Å². The van der Waals surface area contributed by atoms with Gasteiger partial charge < -0.3 is 15.3 Å². The lowest BCUT2D eigenvalue weighted by molar-refractivity contribution is 0.0602. The Balaban J connectivity index is 2.38. The lowest BCUT2D eigenvalue weighted by atomic mass is 10.1. The molecule has 0 saturated heterocycles. The lowest BCUT2D eigenvalue weighted by Gasteiger charge is -2.16. The summed E-state index contributed by atoms with van der Waals surface area (Å²) < 4.78 is 4.77. The molecule has 0 aliphatic rings. The summed E-state index contributed by atoms with van der Waals surface area (Å²) in [6, 6.07) is 12.1. The SMILES string of the molecule is COC(=O)c1ccccc1Nc1cccc(C(C)NO)c1Cl. The number of anilines is 2. The third-order valence-corrected chi connectivity index (χ3v) is 3.71. The molecule has 0 bridgehead atoms. The zero-order valence-electron chi connectivity index (χ0n) is 12.3. The van der Waals surface area contributed by atoms with Crippen LogP contribution in [0.3, 0.4) is 0 Å². The van der Waals surface area contributed by atoms with Crippen molar-refractivity contribution in [2.75, 3.05) is 12.4 Å². The van der Waals surface area contributed by atoms with Crippen LogP contribution in [0.25, 0.3) is 0 Å². The van der Waals surface area contributed by atoms with Crippen LogP contribution in [0.5, 0.6) is 0 Å². The Hall–Kier alpha value is -2.08. The van der Waals surface area contributed by atoms with Gasteiger partial charge in [0.1, 0.15) is 0 Å². The molecule has 1 unspecified atom stereocenters. The summed E-state index contributed by atoms with van der Waals surface area (Å²) in [7, 11) is 1.33. The van der Waals surface area contributed by atoms with Crippen molar-refractivity contribution in [3.63, 3.8) is 0 Å². The van der Waals surface area contributed by atoms with E-state index in [4.69, 9.17) is 21.5 Å². The summed E-state index contributed by atoms with van der Waals surface area (Å²) in [5.74, 6) is -0.430. The molecule has 22 heavy (non-hydrogen) atoms. The smallest absolute Gasteiger partial charge is 0.339 e. The molecule has 0 aliphatic heterocycles. The first kappa shape index (κ1) is 16.3. The predicted octanol–water partition coefficient (Wildman–Crippen LogP) is 3.91. The second-order valence-electron chi connectivity index (χ2n) is 4.72. The number of hydrogen-bond acceptors (Lipinski definition) is 5.